The third-order valence-electron chi connectivity index (χ3n) is 1.77. The summed E-state index contributed by atoms with van der Waals surface area (Å²) in [5, 5.41) is 10.9. The molecule has 15 heavy (non-hydrogen) atoms. The molecule has 4 N–H and O–H groups in total. The molecule has 0 bridgehead atoms. The first kappa shape index (κ1) is 12.7. The van der Waals surface area contributed by atoms with Gasteiger partial charge >= 0.3 is 0 Å². The molecule has 0 saturated carbocycles. The highest BCUT2D eigenvalue weighted by molar-refractivity contribution is 14.2. The average molecular weight is 354 g/mol. The Kier molecular flexibility index (Phi) is 5.36. The molecule has 1 aromatic carbocycles. The first-order valence-electron chi connectivity index (χ1n) is 4.06. The van der Waals surface area contributed by atoms with E-state index in [2.05, 4.69) is 27.1 Å². The quantitative estimate of drug-likeness (QED) is 0.336. The molecule has 0 spiro atoms. The van der Waals surface area contributed by atoms with Crippen molar-refractivity contribution >= 4 is 57.5 Å². The van der Waals surface area contributed by atoms with Crippen LogP contribution in [-0.4, -0.2) is 6.21 Å². The second kappa shape index (κ2) is 6.30. The van der Waals surface area contributed by atoms with Gasteiger partial charge in [-0.2, -0.15) is 0 Å². The van der Waals surface area contributed by atoms with Gasteiger partial charge in [-0.15, -0.1) is 0 Å². The Morgan fingerprint density at radius 2 is 2.33 bits per heavy atom. The van der Waals surface area contributed by atoms with Crippen LogP contribution in [0.1, 0.15) is 5.56 Å². The maximum absolute atomic E-state index is 7.29. The lowest BCUT2D eigenvalue weighted by Gasteiger charge is -2.04. The van der Waals surface area contributed by atoms with Gasteiger partial charge in [0.05, 0.1) is 10.7 Å². The summed E-state index contributed by atoms with van der Waals surface area (Å²) in [6.07, 6.45) is 3.65. The largest absolute Gasteiger partial charge is 0.398 e. The normalized spacial score (nSPS) is 12.0. The predicted octanol–water partition coefficient (Wildman–Crippen LogP) is 3.45. The highest BCUT2D eigenvalue weighted by Gasteiger charge is 2.01. The van der Waals surface area contributed by atoms with Crippen LogP contribution in [0.3, 0.4) is 0 Å². The molecule has 0 saturated heterocycles. The molecule has 80 valence electrons. The Bertz CT molecular complexity index is 395. The van der Waals surface area contributed by atoms with Crippen molar-refractivity contribution in [1.29, 1.82) is 5.41 Å². The van der Waals surface area contributed by atoms with Crippen molar-refractivity contribution in [3.8, 4) is 0 Å². The van der Waals surface area contributed by atoms with Crippen LogP contribution in [0.5, 0.6) is 0 Å². The number of anilines is 1. The summed E-state index contributed by atoms with van der Waals surface area (Å²) in [7, 11) is 0. The fraction of sp³-hybridized carbons (Fsp3) is 0. The molecular weight excluding hydrogens is 343 g/mol. The minimum absolute atomic E-state index is 0.511. The number of benzene rings is 1. The highest BCUT2D eigenvalue weighted by Crippen LogP contribution is 2.24. The molecule has 1 unspecified atom stereocenters. The second-order valence-corrected chi connectivity index (χ2v) is 5.22. The minimum atomic E-state index is 0.511. The predicted molar refractivity (Wildman–Crippen MR) is 78.1 cm³/mol. The Balaban J connectivity index is 3.02. The zero-order valence-electron chi connectivity index (χ0n) is 7.72. The maximum atomic E-state index is 7.29. The Morgan fingerprint density at radius 1 is 1.60 bits per heavy atom. The molecule has 0 heterocycles. The van der Waals surface area contributed by atoms with Crippen LogP contribution < -0.4 is 10.8 Å². The lowest BCUT2D eigenvalue weighted by Crippen LogP contribution is -1.94. The Morgan fingerprint density at radius 3 is 2.87 bits per heavy atom. The summed E-state index contributed by atoms with van der Waals surface area (Å²) in [5.74, 6) is 0. The summed E-state index contributed by atoms with van der Waals surface area (Å²) >= 11 is 8.12. The standard InChI is InChI=1S/C9H10ClIN3P/c10-8-3-6(1-2-9(8)13)7(4-12)5-14-15-11/h1-5,12,14-15H,13H2/b7-5+,12-4?. The van der Waals surface area contributed by atoms with Gasteiger partial charge in [0, 0.05) is 24.4 Å². The molecular formula is C9H10ClIN3P. The van der Waals surface area contributed by atoms with Crippen molar-refractivity contribution in [3.05, 3.63) is 35.0 Å². The average Bonchev–Trinajstić information content (AvgIpc) is 2.24. The number of rotatable bonds is 4. The van der Waals surface area contributed by atoms with Gasteiger partial charge in [-0.1, -0.05) is 17.7 Å². The Labute approximate surface area is 108 Å². The number of allylic oxidation sites excluding steroid dienone is 1. The smallest absolute Gasteiger partial charge is 0.0641 e. The van der Waals surface area contributed by atoms with Crippen molar-refractivity contribution in [3.63, 3.8) is 0 Å². The van der Waals surface area contributed by atoms with E-state index < -0.39 is 0 Å². The summed E-state index contributed by atoms with van der Waals surface area (Å²) in [5.41, 5.74) is 7.82. The number of nitrogen functional groups attached to an aromatic ring is 1. The third kappa shape index (κ3) is 3.63. The highest BCUT2D eigenvalue weighted by atomic mass is 127. The monoisotopic (exact) mass is 353 g/mol. The summed E-state index contributed by atoms with van der Waals surface area (Å²) in [6, 6.07) is 5.34. The maximum Gasteiger partial charge on any atom is 0.0641 e. The van der Waals surface area contributed by atoms with Crippen LogP contribution >= 0.6 is 40.0 Å². The summed E-state index contributed by atoms with van der Waals surface area (Å²) in [4.78, 5) is 0. The van der Waals surface area contributed by atoms with E-state index in [1.54, 1.807) is 18.3 Å². The summed E-state index contributed by atoms with van der Waals surface area (Å²) < 4.78 is 0. The third-order valence-corrected chi connectivity index (χ3v) is 3.29. The number of halogens is 2. The van der Waals surface area contributed by atoms with Gasteiger partial charge in [0.25, 0.3) is 0 Å². The molecule has 0 aliphatic rings. The SMILES string of the molecule is N=C/C(=C\NPI)c1ccc(N)c(Cl)c1. The lowest BCUT2D eigenvalue weighted by molar-refractivity contribution is 1.42. The summed E-state index contributed by atoms with van der Waals surface area (Å²) in [6.45, 7) is 0. The topological polar surface area (TPSA) is 61.9 Å². The van der Waals surface area contributed by atoms with Crippen molar-refractivity contribution in [2.75, 3.05) is 5.73 Å². The number of hydrogen-bond acceptors (Lipinski definition) is 3. The van der Waals surface area contributed by atoms with E-state index in [0.29, 0.717) is 17.1 Å². The molecule has 3 nitrogen and oxygen atoms in total. The van der Waals surface area contributed by atoms with E-state index in [9.17, 15) is 0 Å². The number of hydrogen-bond donors (Lipinski definition) is 3. The fourth-order valence-corrected chi connectivity index (χ4v) is 1.88. The molecule has 0 amide bonds. The first-order chi connectivity index (χ1) is 7.19. The van der Waals surface area contributed by atoms with Crippen LogP contribution in [-0.2, 0) is 0 Å². The van der Waals surface area contributed by atoms with Crippen molar-refractivity contribution in [2.45, 2.75) is 0 Å². The molecule has 0 aliphatic carbocycles. The van der Waals surface area contributed by atoms with Gasteiger partial charge in [-0.25, -0.2) is 0 Å². The fourth-order valence-electron chi connectivity index (χ4n) is 1.02. The van der Waals surface area contributed by atoms with Crippen LogP contribution in [0.2, 0.25) is 5.02 Å². The van der Waals surface area contributed by atoms with Crippen LogP contribution in [0.25, 0.3) is 5.57 Å². The van der Waals surface area contributed by atoms with E-state index in [1.165, 1.54) is 6.21 Å². The van der Waals surface area contributed by atoms with Gasteiger partial charge in [0.2, 0.25) is 0 Å². The number of nitrogens with one attached hydrogen (secondary N) is 2. The van der Waals surface area contributed by atoms with E-state index in [0.717, 1.165) is 11.1 Å². The molecule has 6 heteroatoms. The van der Waals surface area contributed by atoms with Crippen molar-refractivity contribution < 1.29 is 0 Å². The molecule has 1 atom stereocenters. The van der Waals surface area contributed by atoms with Gasteiger partial charge in [-0.05, 0) is 39.7 Å². The van der Waals surface area contributed by atoms with E-state index in [-0.39, 0.29) is 0 Å². The molecule has 1 aromatic rings. The van der Waals surface area contributed by atoms with Gasteiger partial charge in [0.1, 0.15) is 0 Å². The van der Waals surface area contributed by atoms with E-state index in [1.807, 2.05) is 6.07 Å². The Hall–Kier alpha value is -0.320. The van der Waals surface area contributed by atoms with E-state index >= 15 is 0 Å². The van der Waals surface area contributed by atoms with Gasteiger partial charge in [-0.3, -0.25) is 0 Å². The zero-order chi connectivity index (χ0) is 11.3. The zero-order valence-corrected chi connectivity index (χ0v) is 11.6. The van der Waals surface area contributed by atoms with Crippen molar-refractivity contribution in [2.24, 2.45) is 0 Å². The number of nitrogens with two attached hydrogens (primary N) is 1. The van der Waals surface area contributed by atoms with Crippen LogP contribution in [0.4, 0.5) is 5.69 Å². The van der Waals surface area contributed by atoms with Gasteiger partial charge in [0.15, 0.2) is 0 Å². The molecule has 1 rings (SSSR count). The second-order valence-electron chi connectivity index (χ2n) is 2.72. The van der Waals surface area contributed by atoms with Gasteiger partial charge < -0.3 is 16.2 Å². The molecule has 0 aromatic heterocycles. The molecule has 0 fully saturated rings. The van der Waals surface area contributed by atoms with Crippen molar-refractivity contribution in [1.82, 2.24) is 5.09 Å². The molecule has 0 radical (unpaired) electrons. The lowest BCUT2D eigenvalue weighted by atomic mass is 10.1. The van der Waals surface area contributed by atoms with Crippen LogP contribution in [0, 0.1) is 5.41 Å². The van der Waals surface area contributed by atoms with E-state index in [4.69, 9.17) is 22.7 Å². The molecule has 0 aliphatic heterocycles. The van der Waals surface area contributed by atoms with Crippen LogP contribution in [0.15, 0.2) is 24.4 Å². The first-order valence-corrected chi connectivity index (χ1v) is 8.55. The minimum Gasteiger partial charge on any atom is -0.398 e.